The molecule has 2 aromatic heterocycles. The molecule has 0 atom stereocenters. The average Bonchev–Trinajstić information content (AvgIpc) is 2.95. The van der Waals surface area contributed by atoms with Crippen molar-refractivity contribution in [2.24, 2.45) is 5.41 Å². The Balaban J connectivity index is 2.14. The zero-order valence-electron chi connectivity index (χ0n) is 14.9. The number of pyridine rings is 1. The number of nitrogens with zero attached hydrogens (tertiary/aromatic N) is 1. The second-order valence-electron chi connectivity index (χ2n) is 7.34. The third kappa shape index (κ3) is 3.99. The number of hydrogen-bond acceptors (Lipinski definition) is 3. The lowest BCUT2D eigenvalue weighted by Gasteiger charge is -2.16. The van der Waals surface area contributed by atoms with Crippen LogP contribution in [0.1, 0.15) is 32.0 Å². The molecule has 3 rings (SSSR count). The van der Waals surface area contributed by atoms with Gasteiger partial charge in [0.25, 0.3) is 0 Å². The van der Waals surface area contributed by atoms with Crippen LogP contribution < -0.4 is 0 Å². The van der Waals surface area contributed by atoms with Crippen LogP contribution in [-0.2, 0) is 9.84 Å². The summed E-state index contributed by atoms with van der Waals surface area (Å²) in [6.45, 7) is 6.41. The summed E-state index contributed by atoms with van der Waals surface area (Å²) in [5.41, 5.74) is 3.77. The molecule has 3 aromatic rings. The molecule has 0 fully saturated rings. The summed E-state index contributed by atoms with van der Waals surface area (Å²) in [6.07, 6.45) is 5.17. The molecule has 0 aliphatic heterocycles. The second kappa shape index (κ2) is 6.15. The van der Waals surface area contributed by atoms with Crippen LogP contribution in [0.4, 0.5) is 0 Å². The summed E-state index contributed by atoms with van der Waals surface area (Å²) in [7, 11) is -3.20. The highest BCUT2D eigenvalue weighted by Gasteiger charge is 2.15. The Kier molecular flexibility index (Phi) is 4.29. The maximum Gasteiger partial charge on any atom is 0.175 e. The van der Waals surface area contributed by atoms with Crippen molar-refractivity contribution >= 4 is 26.4 Å². The first kappa shape index (κ1) is 17.4. The van der Waals surface area contributed by atoms with E-state index in [0.717, 1.165) is 27.9 Å². The van der Waals surface area contributed by atoms with Gasteiger partial charge in [0.15, 0.2) is 9.84 Å². The molecule has 0 bridgehead atoms. The first-order valence-corrected chi connectivity index (χ1v) is 10.0. The number of nitrogens with one attached hydrogen (secondary N) is 1. The molecule has 0 saturated heterocycles. The molecule has 0 saturated carbocycles. The Labute approximate surface area is 148 Å². The summed E-state index contributed by atoms with van der Waals surface area (Å²) < 4.78 is 23.4. The van der Waals surface area contributed by atoms with Crippen LogP contribution in [0, 0.1) is 5.41 Å². The molecular weight excluding hydrogens is 332 g/mol. The lowest BCUT2D eigenvalue weighted by molar-refractivity contribution is 0.545. The minimum Gasteiger partial charge on any atom is -0.339 e. The van der Waals surface area contributed by atoms with Crippen molar-refractivity contribution in [3.8, 4) is 0 Å². The largest absolute Gasteiger partial charge is 0.339 e. The van der Waals surface area contributed by atoms with Gasteiger partial charge in [-0.1, -0.05) is 39.0 Å². The van der Waals surface area contributed by atoms with E-state index in [0.29, 0.717) is 4.90 Å². The fourth-order valence-electron chi connectivity index (χ4n) is 2.73. The van der Waals surface area contributed by atoms with Gasteiger partial charge in [0.05, 0.1) is 4.90 Å². The maximum atomic E-state index is 11.7. The van der Waals surface area contributed by atoms with Gasteiger partial charge in [-0.25, -0.2) is 13.4 Å². The normalized spacial score (nSPS) is 13.4. The average molecular weight is 354 g/mol. The molecule has 0 unspecified atom stereocenters. The van der Waals surface area contributed by atoms with Gasteiger partial charge >= 0.3 is 0 Å². The molecule has 0 aliphatic carbocycles. The number of hydrogen-bond donors (Lipinski definition) is 1. The van der Waals surface area contributed by atoms with E-state index in [2.05, 4.69) is 42.9 Å². The SMILES string of the molecule is CC(C)(C)/C=C(/c1ccc(S(C)(=O)=O)cc1)c1cc2cccnc2[nH]1. The van der Waals surface area contributed by atoms with Gasteiger partial charge in [-0.15, -0.1) is 0 Å². The van der Waals surface area contributed by atoms with Gasteiger partial charge in [-0.3, -0.25) is 0 Å². The monoisotopic (exact) mass is 354 g/mol. The zero-order valence-corrected chi connectivity index (χ0v) is 15.7. The highest BCUT2D eigenvalue weighted by molar-refractivity contribution is 7.90. The van der Waals surface area contributed by atoms with Gasteiger partial charge in [0.2, 0.25) is 0 Å². The summed E-state index contributed by atoms with van der Waals surface area (Å²) >= 11 is 0. The predicted octanol–water partition coefficient (Wildman–Crippen LogP) is 4.44. The number of rotatable bonds is 3. The first-order valence-electron chi connectivity index (χ1n) is 8.11. The molecule has 0 amide bonds. The molecule has 2 heterocycles. The summed E-state index contributed by atoms with van der Waals surface area (Å²) in [5, 5.41) is 1.05. The molecule has 25 heavy (non-hydrogen) atoms. The van der Waals surface area contributed by atoms with Crippen LogP contribution >= 0.6 is 0 Å². The van der Waals surface area contributed by atoms with E-state index in [1.165, 1.54) is 6.26 Å². The summed E-state index contributed by atoms with van der Waals surface area (Å²) in [6, 6.07) is 13.0. The van der Waals surface area contributed by atoms with Crippen LogP contribution in [-0.4, -0.2) is 24.6 Å². The van der Waals surface area contributed by atoms with Crippen molar-refractivity contribution in [1.29, 1.82) is 0 Å². The predicted molar refractivity (Wildman–Crippen MR) is 102 cm³/mol. The number of allylic oxidation sites excluding steroid dienone is 1. The maximum absolute atomic E-state index is 11.7. The van der Waals surface area contributed by atoms with E-state index in [1.54, 1.807) is 18.3 Å². The van der Waals surface area contributed by atoms with E-state index in [9.17, 15) is 8.42 Å². The van der Waals surface area contributed by atoms with Gasteiger partial charge < -0.3 is 4.98 Å². The molecule has 0 aliphatic rings. The van der Waals surface area contributed by atoms with E-state index in [1.807, 2.05) is 24.3 Å². The summed E-state index contributed by atoms with van der Waals surface area (Å²) in [4.78, 5) is 8.05. The summed E-state index contributed by atoms with van der Waals surface area (Å²) in [5.74, 6) is 0. The van der Waals surface area contributed by atoms with Crippen molar-refractivity contribution in [2.75, 3.05) is 6.26 Å². The van der Waals surface area contributed by atoms with Crippen molar-refractivity contribution in [1.82, 2.24) is 9.97 Å². The van der Waals surface area contributed by atoms with E-state index >= 15 is 0 Å². The van der Waals surface area contributed by atoms with E-state index in [-0.39, 0.29) is 5.41 Å². The van der Waals surface area contributed by atoms with E-state index in [4.69, 9.17) is 0 Å². The molecule has 4 nitrogen and oxygen atoms in total. The van der Waals surface area contributed by atoms with Crippen molar-refractivity contribution < 1.29 is 8.42 Å². The minimum atomic E-state index is -3.20. The van der Waals surface area contributed by atoms with Crippen LogP contribution in [0.2, 0.25) is 0 Å². The van der Waals surface area contributed by atoms with Crippen LogP contribution in [0.25, 0.3) is 16.6 Å². The third-order valence-electron chi connectivity index (χ3n) is 3.85. The van der Waals surface area contributed by atoms with Gasteiger partial charge in [-0.2, -0.15) is 0 Å². The molecule has 130 valence electrons. The number of benzene rings is 1. The lowest BCUT2D eigenvalue weighted by Crippen LogP contribution is -2.03. The van der Waals surface area contributed by atoms with Crippen molar-refractivity contribution in [3.05, 3.63) is 66.0 Å². The Morgan fingerprint density at radius 1 is 1.12 bits per heavy atom. The highest BCUT2D eigenvalue weighted by Crippen LogP contribution is 2.31. The number of aromatic amines is 1. The first-order chi connectivity index (χ1) is 11.6. The quantitative estimate of drug-likeness (QED) is 0.756. The lowest BCUT2D eigenvalue weighted by atomic mass is 9.89. The second-order valence-corrected chi connectivity index (χ2v) is 9.36. The molecule has 1 aromatic carbocycles. The standard InChI is InChI=1S/C20H22N2O2S/c1-20(2,3)13-17(14-7-9-16(10-8-14)25(4,23)24)18-12-15-6-5-11-21-19(15)22-18/h5-13H,1-4H3,(H,21,22)/b17-13-. The Morgan fingerprint density at radius 2 is 1.80 bits per heavy atom. The Morgan fingerprint density at radius 3 is 2.36 bits per heavy atom. The van der Waals surface area contributed by atoms with Gasteiger partial charge in [0.1, 0.15) is 5.65 Å². The molecular formula is C20H22N2O2S. The smallest absolute Gasteiger partial charge is 0.175 e. The number of aromatic nitrogens is 2. The number of sulfone groups is 1. The molecule has 5 heteroatoms. The molecule has 0 radical (unpaired) electrons. The number of fused-ring (bicyclic) bond motifs is 1. The van der Waals surface area contributed by atoms with Crippen molar-refractivity contribution in [3.63, 3.8) is 0 Å². The molecule has 0 spiro atoms. The molecule has 1 N–H and O–H groups in total. The van der Waals surface area contributed by atoms with E-state index < -0.39 is 9.84 Å². The topological polar surface area (TPSA) is 62.8 Å². The van der Waals surface area contributed by atoms with Crippen molar-refractivity contribution in [2.45, 2.75) is 25.7 Å². The Hall–Kier alpha value is -2.40. The minimum absolute atomic E-state index is 0.0322. The van der Waals surface area contributed by atoms with Crippen LogP contribution in [0.3, 0.4) is 0 Å². The Bertz CT molecular complexity index is 1000. The van der Waals surface area contributed by atoms with Gasteiger partial charge in [0, 0.05) is 29.1 Å². The van der Waals surface area contributed by atoms with Crippen LogP contribution in [0.15, 0.2) is 59.6 Å². The van der Waals surface area contributed by atoms with Gasteiger partial charge in [-0.05, 0) is 41.3 Å². The van der Waals surface area contributed by atoms with Crippen LogP contribution in [0.5, 0.6) is 0 Å². The third-order valence-corrected chi connectivity index (χ3v) is 4.98. The zero-order chi connectivity index (χ0) is 18.2. The number of H-pyrrole nitrogens is 1. The fraction of sp³-hybridized carbons (Fsp3) is 0.250. The fourth-order valence-corrected chi connectivity index (χ4v) is 3.36. The highest BCUT2D eigenvalue weighted by atomic mass is 32.2.